The van der Waals surface area contributed by atoms with Crippen LogP contribution in [0.2, 0.25) is 0 Å². The highest BCUT2D eigenvalue weighted by molar-refractivity contribution is 6.17. The Bertz CT molecular complexity index is 3990. The van der Waals surface area contributed by atoms with Crippen LogP contribution in [0.4, 0.5) is 17.1 Å². The molecule has 10 aromatic carbocycles. The fourth-order valence-electron chi connectivity index (χ4n) is 14.5. The lowest BCUT2D eigenvalue weighted by molar-refractivity contribution is -0.00518. The third-order valence-corrected chi connectivity index (χ3v) is 17.0. The first-order chi connectivity index (χ1) is 35.1. The molecule has 4 bridgehead atoms. The van der Waals surface area contributed by atoms with Gasteiger partial charge in [0, 0.05) is 44.3 Å². The quantitative estimate of drug-likeness (QED) is 0.148. The third-order valence-electron chi connectivity index (χ3n) is 17.0. The zero-order valence-electron chi connectivity index (χ0n) is 39.8. The van der Waals surface area contributed by atoms with Crippen molar-refractivity contribution in [2.75, 3.05) is 4.90 Å². The van der Waals surface area contributed by atoms with Gasteiger partial charge in [0.2, 0.25) is 0 Å². The number of aromatic nitrogens is 2. The fraction of sp³-hybridized carbons (Fsp3) is 0.147. The zero-order valence-corrected chi connectivity index (χ0v) is 39.8. The largest absolute Gasteiger partial charge is 0.310 e. The molecule has 16 rings (SSSR count). The van der Waals surface area contributed by atoms with Gasteiger partial charge >= 0.3 is 0 Å². The van der Waals surface area contributed by atoms with Crippen LogP contribution < -0.4 is 4.90 Å². The van der Waals surface area contributed by atoms with Crippen LogP contribution in [0.1, 0.15) is 44.1 Å². The lowest BCUT2D eigenvalue weighted by Crippen LogP contribution is -2.48. The van der Waals surface area contributed by atoms with Gasteiger partial charge in [-0.1, -0.05) is 158 Å². The summed E-state index contributed by atoms with van der Waals surface area (Å²) in [5.41, 5.74) is 17.3. The summed E-state index contributed by atoms with van der Waals surface area (Å²) < 4.78 is 4.95. The summed E-state index contributed by atoms with van der Waals surface area (Å²) >= 11 is 0. The summed E-state index contributed by atoms with van der Waals surface area (Å²) in [6, 6.07) is 86.1. The van der Waals surface area contributed by atoms with Gasteiger partial charge in [0.1, 0.15) is 0 Å². The first kappa shape index (κ1) is 40.7. The van der Waals surface area contributed by atoms with E-state index in [9.17, 15) is 0 Å². The highest BCUT2D eigenvalue weighted by Gasteiger charge is 2.51. The predicted molar refractivity (Wildman–Crippen MR) is 298 cm³/mol. The lowest BCUT2D eigenvalue weighted by Gasteiger charge is -2.57. The van der Waals surface area contributed by atoms with Gasteiger partial charge in [-0.2, -0.15) is 0 Å². The first-order valence-electron chi connectivity index (χ1n) is 25.8. The van der Waals surface area contributed by atoms with Gasteiger partial charge in [0.05, 0.1) is 27.8 Å². The lowest BCUT2D eigenvalue weighted by atomic mass is 9.48. The van der Waals surface area contributed by atoms with Crippen molar-refractivity contribution in [1.82, 2.24) is 9.13 Å². The van der Waals surface area contributed by atoms with E-state index in [1.807, 2.05) is 0 Å². The van der Waals surface area contributed by atoms with Crippen molar-refractivity contribution in [3.05, 3.63) is 236 Å². The van der Waals surface area contributed by atoms with Crippen LogP contribution in [0, 0.1) is 17.8 Å². The second-order valence-corrected chi connectivity index (χ2v) is 21.1. The van der Waals surface area contributed by atoms with Crippen LogP contribution in [0.15, 0.2) is 231 Å². The van der Waals surface area contributed by atoms with Crippen LogP contribution in [-0.4, -0.2) is 9.13 Å². The minimum Gasteiger partial charge on any atom is -0.310 e. The van der Waals surface area contributed by atoms with Crippen LogP contribution in [0.5, 0.6) is 0 Å². The minimum absolute atomic E-state index is 0.357. The molecule has 0 saturated heterocycles. The minimum atomic E-state index is 0.357. The number of benzene rings is 10. The van der Waals surface area contributed by atoms with Crippen LogP contribution in [0.3, 0.4) is 0 Å². The maximum absolute atomic E-state index is 2.52. The average Bonchev–Trinajstić information content (AvgIpc) is 3.94. The number of fused-ring (bicyclic) bond motifs is 7. The number of hydrogen-bond donors (Lipinski definition) is 0. The summed E-state index contributed by atoms with van der Waals surface area (Å²) in [5, 5.41) is 7.46. The number of anilines is 3. The molecule has 0 amide bonds. The predicted octanol–water partition coefficient (Wildman–Crippen LogP) is 18.3. The van der Waals surface area contributed by atoms with E-state index in [1.54, 1.807) is 5.56 Å². The van der Waals surface area contributed by atoms with E-state index in [1.165, 1.54) is 121 Å². The molecule has 4 aliphatic rings. The van der Waals surface area contributed by atoms with Gasteiger partial charge in [-0.05, 0) is 173 Å². The van der Waals surface area contributed by atoms with Gasteiger partial charge in [0.25, 0.3) is 0 Å². The summed E-state index contributed by atoms with van der Waals surface area (Å²) in [5.74, 6) is 2.75. The molecule has 2 heterocycles. The van der Waals surface area contributed by atoms with E-state index in [2.05, 4.69) is 245 Å². The Morgan fingerprint density at radius 2 is 0.901 bits per heavy atom. The first-order valence-corrected chi connectivity index (χ1v) is 25.8. The van der Waals surface area contributed by atoms with E-state index in [4.69, 9.17) is 0 Å². The Balaban J connectivity index is 0.954. The number of rotatable bonds is 8. The van der Waals surface area contributed by atoms with Crippen molar-refractivity contribution in [3.8, 4) is 33.6 Å². The molecule has 2 aromatic heterocycles. The van der Waals surface area contributed by atoms with Crippen molar-refractivity contribution in [3.63, 3.8) is 0 Å². The van der Waals surface area contributed by atoms with Gasteiger partial charge in [-0.3, -0.25) is 0 Å². The van der Waals surface area contributed by atoms with Crippen molar-refractivity contribution in [2.24, 2.45) is 17.8 Å². The molecule has 0 radical (unpaired) electrons. The molecule has 0 spiro atoms. The zero-order chi connectivity index (χ0) is 46.6. The molecule has 340 valence electrons. The van der Waals surface area contributed by atoms with Crippen LogP contribution >= 0.6 is 0 Å². The van der Waals surface area contributed by atoms with Gasteiger partial charge in [-0.25, -0.2) is 0 Å². The standard InChI is InChI=1S/C68H53N3/c1-3-15-48(16-4-1)56-25-12-17-49-18-13-26-57(66(49)56)50-19-11-22-54(40-50)69(63-29-14-30-64-67(63)60-24-8-10-28-62(60)70(64)52-20-5-2-6-21-52)55-35-36-59-58-23-7-9-27-61(58)71(65(59)41-55)53-33-31-51(32-34-53)68-42-45-37-46(43-68)39-47(38-45)44-68/h1-36,40-41,45-47H,37-39,42-44H2. The monoisotopic (exact) mass is 911 g/mol. The van der Waals surface area contributed by atoms with Crippen LogP contribution in [0.25, 0.3) is 88.0 Å². The number of hydrogen-bond acceptors (Lipinski definition) is 1. The topological polar surface area (TPSA) is 13.1 Å². The van der Waals surface area contributed by atoms with E-state index in [0.717, 1.165) is 40.5 Å². The fourth-order valence-corrected chi connectivity index (χ4v) is 14.5. The third kappa shape index (κ3) is 6.42. The normalized spacial score (nSPS) is 19.4. The van der Waals surface area contributed by atoms with Crippen molar-refractivity contribution >= 4 is 71.4 Å². The molecule has 0 atom stereocenters. The summed E-state index contributed by atoms with van der Waals surface area (Å²) in [4.78, 5) is 2.52. The van der Waals surface area contributed by atoms with E-state index >= 15 is 0 Å². The number of nitrogens with zero attached hydrogens (tertiary/aromatic N) is 3. The van der Waals surface area contributed by atoms with Crippen molar-refractivity contribution < 1.29 is 0 Å². The molecule has 12 aromatic rings. The second kappa shape index (κ2) is 15.9. The number of para-hydroxylation sites is 3. The molecule has 0 N–H and O–H groups in total. The molecule has 4 aliphatic carbocycles. The molecular formula is C68H53N3. The summed E-state index contributed by atoms with van der Waals surface area (Å²) in [6.07, 6.45) is 8.51. The van der Waals surface area contributed by atoms with Gasteiger partial charge in [0.15, 0.2) is 0 Å². The molecule has 3 nitrogen and oxygen atoms in total. The smallest absolute Gasteiger partial charge is 0.0562 e. The summed E-state index contributed by atoms with van der Waals surface area (Å²) in [7, 11) is 0. The van der Waals surface area contributed by atoms with Crippen molar-refractivity contribution in [1.29, 1.82) is 0 Å². The van der Waals surface area contributed by atoms with Crippen LogP contribution in [-0.2, 0) is 5.41 Å². The molecule has 0 aliphatic heterocycles. The summed E-state index contributed by atoms with van der Waals surface area (Å²) in [6.45, 7) is 0. The van der Waals surface area contributed by atoms with E-state index < -0.39 is 0 Å². The maximum Gasteiger partial charge on any atom is 0.0562 e. The molecule has 0 unspecified atom stereocenters. The molecule has 4 fully saturated rings. The Kier molecular flexibility index (Phi) is 9.15. The van der Waals surface area contributed by atoms with Gasteiger partial charge in [-0.15, -0.1) is 0 Å². The maximum atomic E-state index is 2.52. The molecule has 4 saturated carbocycles. The SMILES string of the molecule is c1ccc(-c2cccc3cccc(-c4cccc(N(c5ccc6c7ccccc7n(-c7ccc(C89CC%10CC(CC(C%10)C8)C9)cc7)c6c5)c5cccc6c5c5ccccc5n6-c5ccccc5)c4)c23)cc1. The molecule has 3 heteroatoms. The van der Waals surface area contributed by atoms with Crippen molar-refractivity contribution in [2.45, 2.75) is 43.9 Å². The Labute approximate surface area is 414 Å². The van der Waals surface area contributed by atoms with Gasteiger partial charge < -0.3 is 14.0 Å². The highest BCUT2D eigenvalue weighted by atomic mass is 15.2. The average molecular weight is 912 g/mol. The molecule has 71 heavy (non-hydrogen) atoms. The Morgan fingerprint density at radius 3 is 1.63 bits per heavy atom. The molecular weight excluding hydrogens is 859 g/mol. The Hall–Kier alpha value is -8.14. The van der Waals surface area contributed by atoms with E-state index in [0.29, 0.717) is 5.41 Å². The van der Waals surface area contributed by atoms with E-state index in [-0.39, 0.29) is 0 Å². The highest BCUT2D eigenvalue weighted by Crippen LogP contribution is 2.61. The Morgan fingerprint density at radius 1 is 0.366 bits per heavy atom. The second-order valence-electron chi connectivity index (χ2n) is 21.1.